The summed E-state index contributed by atoms with van der Waals surface area (Å²) in [5, 5.41) is 0. The van der Waals surface area contributed by atoms with E-state index < -0.39 is 0 Å². The van der Waals surface area contributed by atoms with Crippen molar-refractivity contribution >= 4 is 0 Å². The lowest BCUT2D eigenvalue weighted by Crippen LogP contribution is -2.28. The van der Waals surface area contributed by atoms with Crippen LogP contribution in [0.4, 0.5) is 0 Å². The zero-order valence-corrected chi connectivity index (χ0v) is 11.1. The van der Waals surface area contributed by atoms with Gasteiger partial charge in [-0.3, -0.25) is 4.90 Å². The van der Waals surface area contributed by atoms with Gasteiger partial charge in [-0.05, 0) is 11.1 Å². The first-order valence-electron chi connectivity index (χ1n) is 6.90. The standard InChI is InChI=1S/C17H20N2/c18-17-13-19(11-14-7-3-1-4-8-14)12-16(17)15-9-5-2-6-10-15/h1-10,16-17H,11-13,18H2/t16-,17?/m1/s1. The molecule has 1 heterocycles. The highest BCUT2D eigenvalue weighted by Crippen LogP contribution is 2.27. The zero-order valence-electron chi connectivity index (χ0n) is 11.1. The molecule has 0 aliphatic carbocycles. The van der Waals surface area contributed by atoms with E-state index in [4.69, 9.17) is 5.73 Å². The first-order valence-corrected chi connectivity index (χ1v) is 6.90. The topological polar surface area (TPSA) is 29.3 Å². The first-order chi connectivity index (χ1) is 9.33. The largest absolute Gasteiger partial charge is 0.326 e. The summed E-state index contributed by atoms with van der Waals surface area (Å²) in [5.41, 5.74) is 9.04. The van der Waals surface area contributed by atoms with Crippen molar-refractivity contribution in [2.75, 3.05) is 13.1 Å². The molecular formula is C17H20N2. The van der Waals surface area contributed by atoms with Gasteiger partial charge in [0, 0.05) is 31.6 Å². The third kappa shape index (κ3) is 2.86. The summed E-state index contributed by atoms with van der Waals surface area (Å²) in [6.45, 7) is 3.03. The van der Waals surface area contributed by atoms with Crippen LogP contribution in [0.2, 0.25) is 0 Å². The minimum absolute atomic E-state index is 0.242. The van der Waals surface area contributed by atoms with E-state index >= 15 is 0 Å². The molecule has 1 saturated heterocycles. The van der Waals surface area contributed by atoms with Gasteiger partial charge in [-0.2, -0.15) is 0 Å². The van der Waals surface area contributed by atoms with Crippen LogP contribution < -0.4 is 5.73 Å². The molecular weight excluding hydrogens is 232 g/mol. The Morgan fingerprint density at radius 1 is 0.895 bits per heavy atom. The van der Waals surface area contributed by atoms with E-state index in [9.17, 15) is 0 Å². The quantitative estimate of drug-likeness (QED) is 0.910. The Hall–Kier alpha value is -1.64. The lowest BCUT2D eigenvalue weighted by atomic mass is 9.95. The second-order valence-corrected chi connectivity index (χ2v) is 5.36. The van der Waals surface area contributed by atoms with E-state index in [1.165, 1.54) is 11.1 Å². The number of nitrogens with zero attached hydrogens (tertiary/aromatic N) is 1. The summed E-state index contributed by atoms with van der Waals surface area (Å²) in [6, 6.07) is 21.5. The molecule has 2 nitrogen and oxygen atoms in total. The van der Waals surface area contributed by atoms with Gasteiger partial charge < -0.3 is 5.73 Å². The molecule has 2 N–H and O–H groups in total. The van der Waals surface area contributed by atoms with Gasteiger partial charge >= 0.3 is 0 Å². The van der Waals surface area contributed by atoms with Crippen molar-refractivity contribution in [3.8, 4) is 0 Å². The Kier molecular flexibility index (Phi) is 3.62. The molecule has 2 aromatic carbocycles. The van der Waals surface area contributed by atoms with Gasteiger partial charge in [-0.15, -0.1) is 0 Å². The molecule has 0 amide bonds. The van der Waals surface area contributed by atoms with Crippen LogP contribution in [0.5, 0.6) is 0 Å². The van der Waals surface area contributed by atoms with Gasteiger partial charge in [-0.1, -0.05) is 60.7 Å². The molecule has 2 atom stereocenters. The maximum atomic E-state index is 6.31. The molecule has 19 heavy (non-hydrogen) atoms. The molecule has 98 valence electrons. The molecule has 0 saturated carbocycles. The van der Waals surface area contributed by atoms with Gasteiger partial charge in [-0.25, -0.2) is 0 Å². The summed E-state index contributed by atoms with van der Waals surface area (Å²) in [4.78, 5) is 2.46. The normalized spacial score (nSPS) is 23.6. The molecule has 1 fully saturated rings. The van der Waals surface area contributed by atoms with Gasteiger partial charge in [0.2, 0.25) is 0 Å². The van der Waals surface area contributed by atoms with Crippen molar-refractivity contribution in [1.82, 2.24) is 4.90 Å². The number of hydrogen-bond donors (Lipinski definition) is 1. The Morgan fingerprint density at radius 3 is 2.21 bits per heavy atom. The Bertz CT molecular complexity index is 509. The summed E-state index contributed by atoms with van der Waals surface area (Å²) < 4.78 is 0. The van der Waals surface area contributed by atoms with Crippen LogP contribution in [-0.4, -0.2) is 24.0 Å². The number of nitrogens with two attached hydrogens (primary N) is 1. The van der Waals surface area contributed by atoms with Gasteiger partial charge in [0.05, 0.1) is 0 Å². The number of rotatable bonds is 3. The smallest absolute Gasteiger partial charge is 0.0250 e. The molecule has 3 rings (SSSR count). The average Bonchev–Trinajstić information content (AvgIpc) is 2.82. The molecule has 1 aliphatic rings. The van der Waals surface area contributed by atoms with Gasteiger partial charge in [0.15, 0.2) is 0 Å². The zero-order chi connectivity index (χ0) is 13.1. The van der Waals surface area contributed by atoms with E-state index in [-0.39, 0.29) is 6.04 Å². The van der Waals surface area contributed by atoms with Crippen molar-refractivity contribution in [1.29, 1.82) is 0 Å². The lowest BCUT2D eigenvalue weighted by molar-refractivity contribution is 0.324. The van der Waals surface area contributed by atoms with Gasteiger partial charge in [0.1, 0.15) is 0 Å². The van der Waals surface area contributed by atoms with Crippen LogP contribution in [0.25, 0.3) is 0 Å². The van der Waals surface area contributed by atoms with Crippen molar-refractivity contribution in [2.24, 2.45) is 5.73 Å². The highest BCUT2D eigenvalue weighted by atomic mass is 15.2. The molecule has 0 spiro atoms. The van der Waals surface area contributed by atoms with E-state index in [1.807, 2.05) is 0 Å². The summed E-state index contributed by atoms with van der Waals surface area (Å²) in [5.74, 6) is 0.463. The minimum Gasteiger partial charge on any atom is -0.326 e. The Balaban J connectivity index is 1.69. The molecule has 0 bridgehead atoms. The number of hydrogen-bond acceptors (Lipinski definition) is 2. The predicted molar refractivity (Wildman–Crippen MR) is 78.9 cm³/mol. The second kappa shape index (κ2) is 5.55. The maximum absolute atomic E-state index is 6.31. The van der Waals surface area contributed by atoms with Crippen molar-refractivity contribution < 1.29 is 0 Å². The average molecular weight is 252 g/mol. The molecule has 2 heteroatoms. The number of benzene rings is 2. The summed E-state index contributed by atoms with van der Waals surface area (Å²) in [7, 11) is 0. The molecule has 2 aromatic rings. The highest BCUT2D eigenvalue weighted by Gasteiger charge is 2.30. The Labute approximate surface area is 114 Å². The lowest BCUT2D eigenvalue weighted by Gasteiger charge is -2.16. The van der Waals surface area contributed by atoms with Gasteiger partial charge in [0.25, 0.3) is 0 Å². The second-order valence-electron chi connectivity index (χ2n) is 5.36. The van der Waals surface area contributed by atoms with Crippen molar-refractivity contribution in [2.45, 2.75) is 18.5 Å². The van der Waals surface area contributed by atoms with Crippen molar-refractivity contribution in [3.05, 3.63) is 71.8 Å². The molecule has 1 aliphatic heterocycles. The monoisotopic (exact) mass is 252 g/mol. The van der Waals surface area contributed by atoms with E-state index in [0.29, 0.717) is 5.92 Å². The van der Waals surface area contributed by atoms with E-state index in [2.05, 4.69) is 65.6 Å². The summed E-state index contributed by atoms with van der Waals surface area (Å²) in [6.07, 6.45) is 0. The minimum atomic E-state index is 0.242. The van der Waals surface area contributed by atoms with Crippen LogP contribution in [0.15, 0.2) is 60.7 Å². The fourth-order valence-corrected chi connectivity index (χ4v) is 2.94. The van der Waals surface area contributed by atoms with Crippen LogP contribution in [-0.2, 0) is 6.54 Å². The van der Waals surface area contributed by atoms with Crippen molar-refractivity contribution in [3.63, 3.8) is 0 Å². The number of likely N-dealkylation sites (tertiary alicyclic amines) is 1. The van der Waals surface area contributed by atoms with Crippen LogP contribution in [0, 0.1) is 0 Å². The molecule has 0 aromatic heterocycles. The SMILES string of the molecule is NC1CN(Cc2ccccc2)C[C@@H]1c1ccccc1. The molecule has 1 unspecified atom stereocenters. The predicted octanol–water partition coefficient (Wildman–Crippen LogP) is 2.61. The maximum Gasteiger partial charge on any atom is 0.0250 e. The summed E-state index contributed by atoms with van der Waals surface area (Å²) >= 11 is 0. The van der Waals surface area contributed by atoms with Crippen LogP contribution in [0.3, 0.4) is 0 Å². The van der Waals surface area contributed by atoms with E-state index in [0.717, 1.165) is 19.6 Å². The third-order valence-electron chi connectivity index (χ3n) is 3.92. The third-order valence-corrected chi connectivity index (χ3v) is 3.92. The fourth-order valence-electron chi connectivity index (χ4n) is 2.94. The first kappa shape index (κ1) is 12.4. The van der Waals surface area contributed by atoms with E-state index in [1.54, 1.807) is 0 Å². The Morgan fingerprint density at radius 2 is 1.53 bits per heavy atom. The van der Waals surface area contributed by atoms with Crippen LogP contribution in [0.1, 0.15) is 17.0 Å². The molecule has 0 radical (unpaired) electrons. The fraction of sp³-hybridized carbons (Fsp3) is 0.294. The van der Waals surface area contributed by atoms with Crippen LogP contribution >= 0.6 is 0 Å². The highest BCUT2D eigenvalue weighted by molar-refractivity contribution is 5.24.